The summed E-state index contributed by atoms with van der Waals surface area (Å²) >= 11 is 0. The monoisotopic (exact) mass is 324 g/mol. The minimum Gasteiger partial charge on any atom is -0.490 e. The first-order valence-corrected chi connectivity index (χ1v) is 8.37. The van der Waals surface area contributed by atoms with Crippen LogP contribution in [0.4, 0.5) is 0 Å². The van der Waals surface area contributed by atoms with E-state index < -0.39 is 0 Å². The van der Waals surface area contributed by atoms with E-state index in [2.05, 4.69) is 52.6 Å². The van der Waals surface area contributed by atoms with Gasteiger partial charge in [0.15, 0.2) is 5.75 Å². The standard InChI is InChI=1S/C19H24N4O/c1-4-23-14-21-18-17(15-9-6-5-7-10-15)20-13-16(19(18)23)24-12-8-11-22(2)3/h5-7,9-10,13-14H,4,8,11-12H2,1-3H3. The average Bonchev–Trinajstić information content (AvgIpc) is 3.03. The van der Waals surface area contributed by atoms with Crippen molar-refractivity contribution in [1.29, 1.82) is 0 Å². The van der Waals surface area contributed by atoms with Crippen LogP contribution in [0, 0.1) is 0 Å². The highest BCUT2D eigenvalue weighted by Gasteiger charge is 2.15. The zero-order valence-electron chi connectivity index (χ0n) is 14.6. The Labute approximate surface area is 142 Å². The Balaban J connectivity index is 1.95. The number of fused-ring (bicyclic) bond motifs is 1. The van der Waals surface area contributed by atoms with Gasteiger partial charge in [0, 0.05) is 18.7 Å². The van der Waals surface area contributed by atoms with Gasteiger partial charge in [0.25, 0.3) is 0 Å². The second-order valence-electron chi connectivity index (χ2n) is 6.07. The van der Waals surface area contributed by atoms with E-state index in [1.54, 1.807) is 0 Å². The van der Waals surface area contributed by atoms with Crippen molar-refractivity contribution in [3.8, 4) is 17.0 Å². The predicted molar refractivity (Wildman–Crippen MR) is 97.3 cm³/mol. The van der Waals surface area contributed by atoms with Crippen LogP contribution in [0.5, 0.6) is 5.75 Å². The molecule has 0 bridgehead atoms. The minimum absolute atomic E-state index is 0.675. The summed E-state index contributed by atoms with van der Waals surface area (Å²) in [5.74, 6) is 0.808. The number of benzene rings is 1. The lowest BCUT2D eigenvalue weighted by Gasteiger charge is -2.13. The molecule has 0 saturated heterocycles. The van der Waals surface area contributed by atoms with E-state index in [1.165, 1.54) is 0 Å². The van der Waals surface area contributed by atoms with Crippen molar-refractivity contribution >= 4 is 11.0 Å². The Bertz CT molecular complexity index is 796. The van der Waals surface area contributed by atoms with E-state index in [0.29, 0.717) is 6.61 Å². The molecular weight excluding hydrogens is 300 g/mol. The highest BCUT2D eigenvalue weighted by molar-refractivity contribution is 5.93. The fraction of sp³-hybridized carbons (Fsp3) is 0.368. The normalized spacial score (nSPS) is 11.3. The molecule has 0 aliphatic heterocycles. The summed E-state index contributed by atoms with van der Waals surface area (Å²) < 4.78 is 8.13. The average molecular weight is 324 g/mol. The molecule has 3 aromatic rings. The summed E-state index contributed by atoms with van der Waals surface area (Å²) in [6, 6.07) is 10.2. The molecule has 126 valence electrons. The molecule has 5 nitrogen and oxygen atoms in total. The van der Waals surface area contributed by atoms with E-state index in [1.807, 2.05) is 30.7 Å². The Morgan fingerprint density at radius 3 is 2.62 bits per heavy atom. The summed E-state index contributed by atoms with van der Waals surface area (Å²) in [5.41, 5.74) is 3.89. The number of nitrogens with zero attached hydrogens (tertiary/aromatic N) is 4. The largest absolute Gasteiger partial charge is 0.490 e. The van der Waals surface area contributed by atoms with Crippen molar-refractivity contribution in [2.75, 3.05) is 27.2 Å². The number of ether oxygens (including phenoxy) is 1. The lowest BCUT2D eigenvalue weighted by atomic mass is 10.1. The number of hydrogen-bond acceptors (Lipinski definition) is 4. The molecule has 0 radical (unpaired) electrons. The van der Waals surface area contributed by atoms with Gasteiger partial charge in [-0.1, -0.05) is 30.3 Å². The van der Waals surface area contributed by atoms with Crippen LogP contribution >= 0.6 is 0 Å². The van der Waals surface area contributed by atoms with Crippen molar-refractivity contribution in [1.82, 2.24) is 19.4 Å². The van der Waals surface area contributed by atoms with Crippen molar-refractivity contribution in [3.05, 3.63) is 42.9 Å². The first-order chi connectivity index (χ1) is 11.7. The number of hydrogen-bond donors (Lipinski definition) is 0. The predicted octanol–water partition coefficient (Wildman–Crippen LogP) is 3.45. The number of rotatable bonds is 7. The smallest absolute Gasteiger partial charge is 0.163 e. The fourth-order valence-corrected chi connectivity index (χ4v) is 2.77. The first-order valence-electron chi connectivity index (χ1n) is 8.37. The third-order valence-corrected chi connectivity index (χ3v) is 4.00. The fourth-order valence-electron chi connectivity index (χ4n) is 2.77. The Kier molecular flexibility index (Phi) is 5.11. The van der Waals surface area contributed by atoms with Gasteiger partial charge in [-0.05, 0) is 27.4 Å². The second-order valence-corrected chi connectivity index (χ2v) is 6.07. The summed E-state index contributed by atoms with van der Waals surface area (Å²) in [6.07, 6.45) is 4.68. The van der Waals surface area contributed by atoms with Crippen LogP contribution < -0.4 is 4.74 Å². The van der Waals surface area contributed by atoms with Gasteiger partial charge in [-0.15, -0.1) is 0 Å². The van der Waals surface area contributed by atoms with E-state index in [0.717, 1.165) is 47.6 Å². The molecular formula is C19H24N4O. The van der Waals surface area contributed by atoms with Crippen LogP contribution in [0.25, 0.3) is 22.3 Å². The van der Waals surface area contributed by atoms with Gasteiger partial charge < -0.3 is 14.2 Å². The number of aryl methyl sites for hydroxylation is 1. The van der Waals surface area contributed by atoms with Crippen LogP contribution in [0.3, 0.4) is 0 Å². The molecule has 0 aliphatic carbocycles. The minimum atomic E-state index is 0.675. The van der Waals surface area contributed by atoms with E-state index in [9.17, 15) is 0 Å². The number of imidazole rings is 1. The zero-order chi connectivity index (χ0) is 16.9. The number of aromatic nitrogens is 3. The second kappa shape index (κ2) is 7.45. The van der Waals surface area contributed by atoms with E-state index >= 15 is 0 Å². The molecule has 0 amide bonds. The molecule has 5 heteroatoms. The van der Waals surface area contributed by atoms with Gasteiger partial charge in [0.05, 0.1) is 24.8 Å². The molecule has 0 spiro atoms. The molecule has 2 heterocycles. The molecule has 0 aliphatic rings. The summed E-state index contributed by atoms with van der Waals surface area (Å²) in [6.45, 7) is 4.64. The third-order valence-electron chi connectivity index (χ3n) is 4.00. The Morgan fingerprint density at radius 2 is 1.92 bits per heavy atom. The lowest BCUT2D eigenvalue weighted by molar-refractivity contribution is 0.282. The van der Waals surface area contributed by atoms with Gasteiger partial charge in [0.2, 0.25) is 0 Å². The summed E-state index contributed by atoms with van der Waals surface area (Å²) in [4.78, 5) is 11.4. The summed E-state index contributed by atoms with van der Waals surface area (Å²) in [7, 11) is 4.14. The van der Waals surface area contributed by atoms with Crippen LogP contribution in [-0.2, 0) is 6.54 Å². The van der Waals surface area contributed by atoms with Crippen LogP contribution in [0.2, 0.25) is 0 Å². The van der Waals surface area contributed by atoms with Crippen LogP contribution in [-0.4, -0.2) is 46.7 Å². The first kappa shape index (κ1) is 16.5. The van der Waals surface area contributed by atoms with Crippen molar-refractivity contribution < 1.29 is 4.74 Å². The Morgan fingerprint density at radius 1 is 1.12 bits per heavy atom. The van der Waals surface area contributed by atoms with Crippen molar-refractivity contribution in [2.45, 2.75) is 19.9 Å². The maximum Gasteiger partial charge on any atom is 0.163 e. The topological polar surface area (TPSA) is 43.2 Å². The highest BCUT2D eigenvalue weighted by atomic mass is 16.5. The van der Waals surface area contributed by atoms with Gasteiger partial charge in [-0.3, -0.25) is 0 Å². The maximum absolute atomic E-state index is 6.01. The third kappa shape index (κ3) is 3.41. The van der Waals surface area contributed by atoms with Crippen molar-refractivity contribution in [3.63, 3.8) is 0 Å². The summed E-state index contributed by atoms with van der Waals surface area (Å²) in [5, 5.41) is 0. The zero-order valence-corrected chi connectivity index (χ0v) is 14.6. The van der Waals surface area contributed by atoms with Crippen LogP contribution in [0.15, 0.2) is 42.9 Å². The van der Waals surface area contributed by atoms with Gasteiger partial charge >= 0.3 is 0 Å². The van der Waals surface area contributed by atoms with E-state index in [4.69, 9.17) is 4.74 Å². The highest BCUT2D eigenvalue weighted by Crippen LogP contribution is 2.31. The number of pyridine rings is 1. The molecule has 3 rings (SSSR count). The molecule has 24 heavy (non-hydrogen) atoms. The quantitative estimate of drug-likeness (QED) is 0.624. The molecule has 0 unspecified atom stereocenters. The van der Waals surface area contributed by atoms with Crippen molar-refractivity contribution in [2.24, 2.45) is 0 Å². The Hall–Kier alpha value is -2.40. The lowest BCUT2D eigenvalue weighted by Crippen LogP contribution is -2.15. The molecule has 0 atom stereocenters. The van der Waals surface area contributed by atoms with E-state index in [-0.39, 0.29) is 0 Å². The molecule has 0 N–H and O–H groups in total. The van der Waals surface area contributed by atoms with Gasteiger partial charge in [-0.2, -0.15) is 0 Å². The molecule has 2 aromatic heterocycles. The van der Waals surface area contributed by atoms with Gasteiger partial charge in [-0.25, -0.2) is 9.97 Å². The SMILES string of the molecule is CCn1cnc2c(-c3ccccc3)ncc(OCCCN(C)C)c21. The van der Waals surface area contributed by atoms with Gasteiger partial charge in [0.1, 0.15) is 11.0 Å². The molecule has 0 saturated carbocycles. The molecule has 1 aromatic carbocycles. The van der Waals surface area contributed by atoms with Crippen LogP contribution in [0.1, 0.15) is 13.3 Å². The maximum atomic E-state index is 6.01. The molecule has 0 fully saturated rings.